The summed E-state index contributed by atoms with van der Waals surface area (Å²) in [6.45, 7) is 10.3. The summed E-state index contributed by atoms with van der Waals surface area (Å²) in [7, 11) is 0. The van der Waals surface area contributed by atoms with Gasteiger partial charge in [0.25, 0.3) is 0 Å². The largest absolute Gasteiger partial charge is 0.490 e. The van der Waals surface area contributed by atoms with E-state index in [4.69, 9.17) is 19.4 Å². The van der Waals surface area contributed by atoms with Crippen molar-refractivity contribution >= 4 is 5.97 Å². The highest BCUT2D eigenvalue weighted by atomic mass is 19.4. The number of alkyl halides is 3. The first-order valence-corrected chi connectivity index (χ1v) is 10.5. The molecule has 5 nitrogen and oxygen atoms in total. The summed E-state index contributed by atoms with van der Waals surface area (Å²) < 4.78 is 43.6. The first kappa shape index (κ1) is 24.6. The van der Waals surface area contributed by atoms with E-state index in [2.05, 4.69) is 43.0 Å². The van der Waals surface area contributed by atoms with Crippen LogP contribution in [0.2, 0.25) is 0 Å². The Morgan fingerprint density at radius 2 is 1.93 bits per heavy atom. The Kier molecular flexibility index (Phi) is 9.12. The number of halogens is 3. The average molecular weight is 431 g/mol. The summed E-state index contributed by atoms with van der Waals surface area (Å²) in [6.07, 6.45) is -0.359. The third kappa shape index (κ3) is 6.96. The quantitative estimate of drug-likeness (QED) is 0.676. The van der Waals surface area contributed by atoms with Gasteiger partial charge in [-0.25, -0.2) is 4.79 Å². The second-order valence-corrected chi connectivity index (χ2v) is 7.89. The Morgan fingerprint density at radius 3 is 2.50 bits per heavy atom. The van der Waals surface area contributed by atoms with Gasteiger partial charge in [-0.15, -0.1) is 0 Å². The number of aliphatic carboxylic acids is 1. The monoisotopic (exact) mass is 431 g/mol. The Hall–Kier alpha value is -1.64. The molecule has 2 aliphatic rings. The lowest BCUT2D eigenvalue weighted by Gasteiger charge is -2.42. The summed E-state index contributed by atoms with van der Waals surface area (Å²) in [5.74, 6) is -2.07. The van der Waals surface area contributed by atoms with E-state index in [1.54, 1.807) is 0 Å². The standard InChI is InChI=1S/C20H31NO2.C2HF3O2/c1-3-22-14-8-19-9-15-23-20(19)10-12-21(13-11-20)16-18-7-5-4-6-17(18)2;3-2(4,5)1(6)7/h4-7,19H,3,8-16H2,1-2H3;(H,6,7). The Morgan fingerprint density at radius 1 is 1.30 bits per heavy atom. The minimum Gasteiger partial charge on any atom is -0.475 e. The maximum absolute atomic E-state index is 10.6. The van der Waals surface area contributed by atoms with E-state index in [1.807, 2.05) is 0 Å². The van der Waals surface area contributed by atoms with E-state index in [0.29, 0.717) is 5.92 Å². The van der Waals surface area contributed by atoms with Gasteiger partial charge < -0.3 is 14.6 Å². The van der Waals surface area contributed by atoms with Crippen LogP contribution in [0.4, 0.5) is 13.2 Å². The van der Waals surface area contributed by atoms with Crippen molar-refractivity contribution in [3.63, 3.8) is 0 Å². The van der Waals surface area contributed by atoms with Crippen molar-refractivity contribution in [1.29, 1.82) is 0 Å². The second kappa shape index (κ2) is 11.1. The zero-order valence-corrected chi connectivity index (χ0v) is 17.7. The lowest BCUT2D eigenvalue weighted by Crippen LogP contribution is -2.47. The molecule has 1 aromatic carbocycles. The molecule has 1 N–H and O–H groups in total. The van der Waals surface area contributed by atoms with Gasteiger partial charge in [0.2, 0.25) is 0 Å². The highest BCUT2D eigenvalue weighted by Crippen LogP contribution is 2.42. The normalized spacial score (nSPS) is 21.3. The predicted molar refractivity (Wildman–Crippen MR) is 107 cm³/mol. The number of hydrogen-bond acceptors (Lipinski definition) is 4. The van der Waals surface area contributed by atoms with Crippen LogP contribution in [-0.4, -0.2) is 60.7 Å². The van der Waals surface area contributed by atoms with Crippen molar-refractivity contribution in [2.24, 2.45) is 5.92 Å². The highest BCUT2D eigenvalue weighted by Gasteiger charge is 2.45. The molecule has 0 aromatic heterocycles. The molecule has 2 fully saturated rings. The van der Waals surface area contributed by atoms with E-state index in [0.717, 1.165) is 45.9 Å². The van der Waals surface area contributed by atoms with Crippen LogP contribution < -0.4 is 0 Å². The summed E-state index contributed by atoms with van der Waals surface area (Å²) in [6, 6.07) is 8.75. The van der Waals surface area contributed by atoms with E-state index >= 15 is 0 Å². The van der Waals surface area contributed by atoms with Crippen LogP contribution >= 0.6 is 0 Å². The van der Waals surface area contributed by atoms with E-state index < -0.39 is 12.1 Å². The van der Waals surface area contributed by atoms with E-state index in [-0.39, 0.29) is 5.60 Å². The Bertz CT molecular complexity index is 673. The van der Waals surface area contributed by atoms with E-state index in [1.165, 1.54) is 30.4 Å². The van der Waals surface area contributed by atoms with E-state index in [9.17, 15) is 13.2 Å². The molecule has 2 saturated heterocycles. The number of likely N-dealkylation sites (tertiary alicyclic amines) is 1. The fourth-order valence-corrected chi connectivity index (χ4v) is 4.23. The predicted octanol–water partition coefficient (Wildman–Crippen LogP) is 4.43. The maximum atomic E-state index is 10.6. The summed E-state index contributed by atoms with van der Waals surface area (Å²) in [5, 5.41) is 7.12. The molecule has 3 rings (SSSR count). The van der Waals surface area contributed by atoms with Crippen molar-refractivity contribution in [3.05, 3.63) is 35.4 Å². The first-order valence-electron chi connectivity index (χ1n) is 10.5. The van der Waals surface area contributed by atoms with Gasteiger partial charge in [0.15, 0.2) is 0 Å². The minimum absolute atomic E-state index is 0.138. The van der Waals surface area contributed by atoms with Gasteiger partial charge in [-0.05, 0) is 56.6 Å². The molecule has 1 spiro atoms. The number of carboxylic acids is 1. The zero-order valence-electron chi connectivity index (χ0n) is 17.7. The lowest BCUT2D eigenvalue weighted by atomic mass is 9.78. The number of carboxylic acid groups (broad SMARTS) is 1. The molecule has 170 valence electrons. The van der Waals surface area contributed by atoms with Crippen LogP contribution in [0.3, 0.4) is 0 Å². The Labute approximate surface area is 176 Å². The van der Waals surface area contributed by atoms with Gasteiger partial charge in [-0.2, -0.15) is 13.2 Å². The van der Waals surface area contributed by atoms with Crippen molar-refractivity contribution in [2.45, 2.75) is 57.9 Å². The number of rotatable bonds is 6. The van der Waals surface area contributed by atoms with Gasteiger partial charge in [0, 0.05) is 39.5 Å². The average Bonchev–Trinajstić information content (AvgIpc) is 3.07. The van der Waals surface area contributed by atoms with Crippen LogP contribution in [0, 0.1) is 12.8 Å². The summed E-state index contributed by atoms with van der Waals surface area (Å²) >= 11 is 0. The number of nitrogens with zero attached hydrogens (tertiary/aromatic N) is 1. The molecular formula is C22H32F3NO4. The zero-order chi connectivity index (χ0) is 22.2. The number of ether oxygens (including phenoxy) is 2. The molecule has 0 saturated carbocycles. The minimum atomic E-state index is -5.08. The molecule has 1 aromatic rings. The molecule has 30 heavy (non-hydrogen) atoms. The molecule has 1 atom stereocenters. The van der Waals surface area contributed by atoms with Crippen LogP contribution in [-0.2, 0) is 20.8 Å². The molecule has 0 bridgehead atoms. The van der Waals surface area contributed by atoms with Gasteiger partial charge in [0.1, 0.15) is 0 Å². The van der Waals surface area contributed by atoms with Gasteiger partial charge in [0.05, 0.1) is 5.60 Å². The molecule has 0 amide bonds. The smallest absolute Gasteiger partial charge is 0.475 e. The lowest BCUT2D eigenvalue weighted by molar-refractivity contribution is -0.192. The SMILES string of the molecule is CCOCCC1CCOC12CCN(Cc1ccccc1C)CC2.O=C(O)C(F)(F)F. The third-order valence-electron chi connectivity index (χ3n) is 6.01. The fourth-order valence-electron chi connectivity index (χ4n) is 4.23. The van der Waals surface area contributed by atoms with Gasteiger partial charge >= 0.3 is 12.1 Å². The summed E-state index contributed by atoms with van der Waals surface area (Å²) in [5.41, 5.74) is 3.00. The van der Waals surface area contributed by atoms with Crippen molar-refractivity contribution in [1.82, 2.24) is 4.90 Å². The second-order valence-electron chi connectivity index (χ2n) is 7.89. The van der Waals surface area contributed by atoms with Crippen LogP contribution in [0.1, 0.15) is 43.7 Å². The molecule has 2 aliphatic heterocycles. The van der Waals surface area contributed by atoms with Crippen molar-refractivity contribution < 1.29 is 32.5 Å². The maximum Gasteiger partial charge on any atom is 0.490 e. The van der Waals surface area contributed by atoms with Crippen molar-refractivity contribution in [2.75, 3.05) is 32.9 Å². The number of hydrogen-bond donors (Lipinski definition) is 1. The molecule has 1 unspecified atom stereocenters. The first-order chi connectivity index (χ1) is 14.2. The third-order valence-corrected chi connectivity index (χ3v) is 6.01. The van der Waals surface area contributed by atoms with Crippen LogP contribution in [0.25, 0.3) is 0 Å². The number of carbonyl (C=O) groups is 1. The number of aryl methyl sites for hydroxylation is 1. The highest BCUT2D eigenvalue weighted by molar-refractivity contribution is 5.73. The van der Waals surface area contributed by atoms with Crippen LogP contribution in [0.5, 0.6) is 0 Å². The summed E-state index contributed by atoms with van der Waals surface area (Å²) in [4.78, 5) is 11.5. The number of piperidine rings is 1. The molecule has 8 heteroatoms. The molecular weight excluding hydrogens is 399 g/mol. The number of benzene rings is 1. The van der Waals surface area contributed by atoms with Gasteiger partial charge in [-0.1, -0.05) is 24.3 Å². The topological polar surface area (TPSA) is 59.0 Å². The molecule has 0 aliphatic carbocycles. The fraction of sp³-hybridized carbons (Fsp3) is 0.682. The van der Waals surface area contributed by atoms with Crippen LogP contribution in [0.15, 0.2) is 24.3 Å². The Balaban J connectivity index is 0.000000396. The molecule has 0 radical (unpaired) electrons. The molecule has 2 heterocycles. The van der Waals surface area contributed by atoms with Gasteiger partial charge in [-0.3, -0.25) is 4.90 Å². The van der Waals surface area contributed by atoms with Crippen molar-refractivity contribution in [3.8, 4) is 0 Å².